The molecule has 5 heteroatoms. The Kier molecular flexibility index (Phi) is 4.10. The smallest absolute Gasteiger partial charge is 0.307 e. The van der Waals surface area contributed by atoms with Crippen molar-refractivity contribution in [2.75, 3.05) is 0 Å². The van der Waals surface area contributed by atoms with Crippen molar-refractivity contribution in [3.63, 3.8) is 0 Å². The molecule has 0 spiro atoms. The van der Waals surface area contributed by atoms with Gasteiger partial charge in [-0.25, -0.2) is 4.98 Å². The van der Waals surface area contributed by atoms with Crippen LogP contribution in [0.5, 0.6) is 11.5 Å². The first-order valence-electron chi connectivity index (χ1n) is 7.21. The van der Waals surface area contributed by atoms with E-state index < -0.39 is 5.97 Å². The number of hydrogen-bond donors (Lipinski definition) is 1. The molecule has 0 amide bonds. The third-order valence-electron chi connectivity index (χ3n) is 3.43. The van der Waals surface area contributed by atoms with Crippen LogP contribution in [0.3, 0.4) is 0 Å². The van der Waals surface area contributed by atoms with E-state index in [-0.39, 0.29) is 6.42 Å². The lowest BCUT2D eigenvalue weighted by Gasteiger charge is -2.13. The Morgan fingerprint density at radius 1 is 1.17 bits per heavy atom. The molecule has 2 aromatic heterocycles. The number of benzene rings is 1. The first-order valence-corrected chi connectivity index (χ1v) is 7.21. The number of hydrogen-bond acceptors (Lipinski definition) is 3. The van der Waals surface area contributed by atoms with Crippen LogP contribution in [0, 0.1) is 6.92 Å². The van der Waals surface area contributed by atoms with Gasteiger partial charge in [0.1, 0.15) is 5.75 Å². The van der Waals surface area contributed by atoms with Gasteiger partial charge in [0.25, 0.3) is 0 Å². The third kappa shape index (κ3) is 3.40. The maximum atomic E-state index is 10.9. The highest BCUT2D eigenvalue weighted by atomic mass is 16.5. The largest absolute Gasteiger partial charge is 0.481 e. The van der Waals surface area contributed by atoms with E-state index in [4.69, 9.17) is 9.84 Å². The second-order valence-electron chi connectivity index (χ2n) is 5.19. The van der Waals surface area contributed by atoms with Crippen LogP contribution in [0.2, 0.25) is 0 Å². The van der Waals surface area contributed by atoms with Gasteiger partial charge in [-0.05, 0) is 48.4 Å². The highest BCUT2D eigenvalue weighted by Gasteiger charge is 2.10. The maximum Gasteiger partial charge on any atom is 0.307 e. The van der Waals surface area contributed by atoms with Crippen LogP contribution in [0.1, 0.15) is 11.1 Å². The number of ether oxygens (including phenoxy) is 1. The molecule has 5 nitrogen and oxygen atoms in total. The van der Waals surface area contributed by atoms with Crippen LogP contribution >= 0.6 is 0 Å². The number of carboxylic acid groups (broad SMARTS) is 1. The summed E-state index contributed by atoms with van der Waals surface area (Å²) in [6.07, 6.45) is 5.45. The lowest BCUT2D eigenvalue weighted by molar-refractivity contribution is -0.136. The second kappa shape index (κ2) is 6.36. The summed E-state index contributed by atoms with van der Waals surface area (Å²) in [6, 6.07) is 12.9. The molecule has 0 aliphatic rings. The van der Waals surface area contributed by atoms with Crippen LogP contribution in [0.25, 0.3) is 5.82 Å². The van der Waals surface area contributed by atoms with Crippen LogP contribution in [0.15, 0.2) is 61.1 Å². The average Bonchev–Trinajstić information content (AvgIpc) is 3.05. The Morgan fingerprint density at radius 2 is 1.96 bits per heavy atom. The highest BCUT2D eigenvalue weighted by Crippen LogP contribution is 2.29. The van der Waals surface area contributed by atoms with Crippen molar-refractivity contribution in [2.24, 2.45) is 0 Å². The van der Waals surface area contributed by atoms with E-state index in [1.165, 1.54) is 0 Å². The fourth-order valence-electron chi connectivity index (χ4n) is 2.29. The third-order valence-corrected chi connectivity index (χ3v) is 3.43. The Morgan fingerprint density at radius 3 is 2.70 bits per heavy atom. The average molecular weight is 308 g/mol. The van der Waals surface area contributed by atoms with Gasteiger partial charge in [-0.2, -0.15) is 0 Å². The van der Waals surface area contributed by atoms with Crippen LogP contribution in [-0.4, -0.2) is 20.6 Å². The molecule has 0 bridgehead atoms. The molecular weight excluding hydrogens is 292 g/mol. The zero-order chi connectivity index (χ0) is 16.2. The summed E-state index contributed by atoms with van der Waals surface area (Å²) in [6.45, 7) is 1.92. The van der Waals surface area contributed by atoms with Crippen molar-refractivity contribution in [1.82, 2.24) is 9.55 Å². The molecule has 1 N–H and O–H groups in total. The fraction of sp³-hybridized carbons (Fsp3) is 0.111. The summed E-state index contributed by atoms with van der Waals surface area (Å²) in [5, 5.41) is 8.93. The van der Waals surface area contributed by atoms with Gasteiger partial charge in [0.2, 0.25) is 0 Å². The number of rotatable bonds is 5. The van der Waals surface area contributed by atoms with Gasteiger partial charge < -0.3 is 14.4 Å². The van der Waals surface area contributed by atoms with E-state index >= 15 is 0 Å². The second-order valence-corrected chi connectivity index (χ2v) is 5.19. The van der Waals surface area contributed by atoms with Crippen molar-refractivity contribution < 1.29 is 14.6 Å². The van der Waals surface area contributed by atoms with Crippen molar-refractivity contribution in [1.29, 1.82) is 0 Å². The first-order chi connectivity index (χ1) is 11.1. The first kappa shape index (κ1) is 14.8. The van der Waals surface area contributed by atoms with E-state index in [0.717, 1.165) is 5.56 Å². The number of pyridine rings is 1. The molecule has 0 fully saturated rings. The van der Waals surface area contributed by atoms with Crippen molar-refractivity contribution in [3.8, 4) is 17.3 Å². The lowest BCUT2D eigenvalue weighted by atomic mass is 10.1. The zero-order valence-corrected chi connectivity index (χ0v) is 12.6. The van der Waals surface area contributed by atoms with E-state index in [2.05, 4.69) is 4.98 Å². The molecule has 0 unspecified atom stereocenters. The van der Waals surface area contributed by atoms with Crippen molar-refractivity contribution in [3.05, 3.63) is 72.2 Å². The topological polar surface area (TPSA) is 64.3 Å². The molecule has 0 atom stereocenters. The van der Waals surface area contributed by atoms with Crippen LogP contribution in [0.4, 0.5) is 0 Å². The molecular formula is C18H16N2O3. The fourth-order valence-corrected chi connectivity index (χ4v) is 2.29. The predicted octanol–water partition coefficient (Wildman–Crippen LogP) is 3.60. The summed E-state index contributed by atoms with van der Waals surface area (Å²) in [5.74, 6) is 1.05. The normalized spacial score (nSPS) is 10.5. The predicted molar refractivity (Wildman–Crippen MR) is 86.2 cm³/mol. The van der Waals surface area contributed by atoms with Gasteiger partial charge in [-0.1, -0.05) is 12.1 Å². The maximum absolute atomic E-state index is 10.9. The Bertz CT molecular complexity index is 826. The minimum absolute atomic E-state index is 0.0336. The number of aryl methyl sites for hydroxylation is 1. The van der Waals surface area contributed by atoms with Gasteiger partial charge in [0.05, 0.1) is 6.42 Å². The summed E-state index contributed by atoms with van der Waals surface area (Å²) in [5.41, 5.74) is 1.63. The summed E-state index contributed by atoms with van der Waals surface area (Å²) >= 11 is 0. The number of carbonyl (C=O) groups is 1. The summed E-state index contributed by atoms with van der Waals surface area (Å²) in [7, 11) is 0. The standard InChI is InChI=1S/C18H16N2O3/c1-13-6-7-14(12-17(21)22)11-16(13)23-15-5-4-8-19-18(15)20-9-2-3-10-20/h2-11H,12H2,1H3,(H,21,22). The van der Waals surface area contributed by atoms with Gasteiger partial charge >= 0.3 is 5.97 Å². The number of carboxylic acids is 1. The zero-order valence-electron chi connectivity index (χ0n) is 12.6. The van der Waals surface area contributed by atoms with Crippen LogP contribution < -0.4 is 4.74 Å². The SMILES string of the molecule is Cc1ccc(CC(=O)O)cc1Oc1cccnc1-n1cccc1. The number of nitrogens with zero attached hydrogens (tertiary/aromatic N) is 2. The van der Waals surface area contributed by atoms with E-state index in [0.29, 0.717) is 22.9 Å². The molecule has 3 rings (SSSR count). The molecule has 0 radical (unpaired) electrons. The molecule has 0 aliphatic heterocycles. The highest BCUT2D eigenvalue weighted by molar-refractivity contribution is 5.70. The van der Waals surface area contributed by atoms with Crippen molar-refractivity contribution >= 4 is 5.97 Å². The minimum atomic E-state index is -0.866. The molecule has 0 aliphatic carbocycles. The van der Waals surface area contributed by atoms with Gasteiger partial charge in [0.15, 0.2) is 11.6 Å². The molecule has 1 aromatic carbocycles. The monoisotopic (exact) mass is 308 g/mol. The molecule has 0 saturated heterocycles. The van der Waals surface area contributed by atoms with Gasteiger partial charge in [-0.15, -0.1) is 0 Å². The summed E-state index contributed by atoms with van der Waals surface area (Å²) in [4.78, 5) is 15.2. The van der Waals surface area contributed by atoms with Crippen molar-refractivity contribution in [2.45, 2.75) is 13.3 Å². The quantitative estimate of drug-likeness (QED) is 0.782. The minimum Gasteiger partial charge on any atom is -0.481 e. The number of aromatic nitrogens is 2. The van der Waals surface area contributed by atoms with Gasteiger partial charge in [0, 0.05) is 18.6 Å². The summed E-state index contributed by atoms with van der Waals surface area (Å²) < 4.78 is 7.88. The molecule has 3 aromatic rings. The molecule has 116 valence electrons. The Hall–Kier alpha value is -3.08. The van der Waals surface area contributed by atoms with E-state index in [1.807, 2.05) is 48.1 Å². The van der Waals surface area contributed by atoms with E-state index in [1.54, 1.807) is 24.4 Å². The van der Waals surface area contributed by atoms with E-state index in [9.17, 15) is 4.79 Å². The molecule has 0 saturated carbocycles. The van der Waals surface area contributed by atoms with Gasteiger partial charge in [-0.3, -0.25) is 4.79 Å². The Balaban J connectivity index is 1.95. The molecule has 2 heterocycles. The number of aliphatic carboxylic acids is 1. The van der Waals surface area contributed by atoms with Crippen LogP contribution in [-0.2, 0) is 11.2 Å². The molecule has 23 heavy (non-hydrogen) atoms. The lowest BCUT2D eigenvalue weighted by Crippen LogP contribution is -2.02. The Labute approximate surface area is 133 Å².